The maximum absolute atomic E-state index is 12.9. The van der Waals surface area contributed by atoms with Crippen LogP contribution in [0.2, 0.25) is 0 Å². The first kappa shape index (κ1) is 18.0. The Morgan fingerprint density at radius 1 is 1.26 bits per heavy atom. The number of aromatic amines is 1. The summed E-state index contributed by atoms with van der Waals surface area (Å²) in [5.41, 5.74) is 1.87. The number of likely N-dealkylation sites (tertiary alicyclic amines) is 1. The van der Waals surface area contributed by atoms with Crippen LogP contribution >= 0.6 is 0 Å². The molecule has 0 radical (unpaired) electrons. The van der Waals surface area contributed by atoms with Crippen molar-refractivity contribution in [2.24, 2.45) is 11.8 Å². The molecule has 4 rings (SSSR count). The molecule has 1 aliphatic heterocycles. The number of H-pyrrole nitrogens is 1. The number of amides is 2. The highest BCUT2D eigenvalue weighted by Crippen LogP contribution is 2.30. The number of aromatic nitrogens is 2. The number of hydrogen-bond donors (Lipinski definition) is 2. The van der Waals surface area contributed by atoms with Crippen LogP contribution < -0.4 is 5.32 Å². The van der Waals surface area contributed by atoms with E-state index in [2.05, 4.69) is 29.1 Å². The van der Waals surface area contributed by atoms with Crippen molar-refractivity contribution in [3.8, 4) is 0 Å². The van der Waals surface area contributed by atoms with Gasteiger partial charge in [-0.25, -0.2) is 4.98 Å². The summed E-state index contributed by atoms with van der Waals surface area (Å²) >= 11 is 0. The average Bonchev–Trinajstić information content (AvgIpc) is 3.37. The minimum absolute atomic E-state index is 0.0389. The number of carbonyl (C=O) groups is 2. The highest BCUT2D eigenvalue weighted by molar-refractivity contribution is 5.89. The van der Waals surface area contributed by atoms with Crippen LogP contribution in [-0.2, 0) is 9.59 Å². The smallest absolute Gasteiger partial charge is 0.226 e. The van der Waals surface area contributed by atoms with Gasteiger partial charge >= 0.3 is 0 Å². The van der Waals surface area contributed by atoms with Gasteiger partial charge < -0.3 is 15.2 Å². The number of para-hydroxylation sites is 2. The fourth-order valence-corrected chi connectivity index (χ4v) is 4.42. The van der Waals surface area contributed by atoms with Crippen LogP contribution in [0, 0.1) is 11.8 Å². The molecule has 2 aliphatic rings. The summed E-state index contributed by atoms with van der Waals surface area (Å²) < 4.78 is 0. The quantitative estimate of drug-likeness (QED) is 0.851. The number of hydrogen-bond acceptors (Lipinski definition) is 3. The van der Waals surface area contributed by atoms with Crippen LogP contribution in [0.25, 0.3) is 11.0 Å². The van der Waals surface area contributed by atoms with E-state index in [-0.39, 0.29) is 29.7 Å². The second-order valence-corrected chi connectivity index (χ2v) is 8.25. The van der Waals surface area contributed by atoms with Crippen LogP contribution in [-0.4, -0.2) is 39.3 Å². The average molecular weight is 368 g/mol. The largest absolute Gasteiger partial charge is 0.346 e. The molecule has 2 amide bonds. The molecule has 1 saturated heterocycles. The third kappa shape index (κ3) is 3.57. The lowest BCUT2D eigenvalue weighted by molar-refractivity contribution is -0.130. The Labute approximate surface area is 159 Å². The first-order chi connectivity index (χ1) is 13.0. The molecule has 1 aromatic heterocycles. The molecule has 2 aromatic rings. The molecule has 0 bridgehead atoms. The number of rotatable bonds is 5. The second kappa shape index (κ2) is 7.33. The Morgan fingerprint density at radius 2 is 2.00 bits per heavy atom. The molecule has 2 fully saturated rings. The summed E-state index contributed by atoms with van der Waals surface area (Å²) in [5.74, 6) is 0.799. The second-order valence-electron chi connectivity index (χ2n) is 8.25. The van der Waals surface area contributed by atoms with Crippen molar-refractivity contribution in [3.05, 3.63) is 30.1 Å². The maximum Gasteiger partial charge on any atom is 0.226 e. The third-order valence-electron chi connectivity index (χ3n) is 5.96. The van der Waals surface area contributed by atoms with Gasteiger partial charge in [0.1, 0.15) is 5.82 Å². The zero-order valence-corrected chi connectivity index (χ0v) is 16.1. The van der Waals surface area contributed by atoms with Crippen LogP contribution in [0.1, 0.15) is 57.8 Å². The molecule has 2 heterocycles. The Morgan fingerprint density at radius 3 is 2.70 bits per heavy atom. The Hall–Kier alpha value is -2.37. The predicted octanol–water partition coefficient (Wildman–Crippen LogP) is 3.17. The SMILES string of the molecule is CC(C)[C@H](NC(=O)[C@H]1CC(=O)N(C2CCCC2)C1)c1nc2ccccc2[nH]1. The molecule has 2 atom stereocenters. The molecule has 2 N–H and O–H groups in total. The van der Waals surface area contributed by atoms with Crippen molar-refractivity contribution >= 4 is 22.8 Å². The fourth-order valence-electron chi connectivity index (χ4n) is 4.42. The molecule has 6 heteroatoms. The van der Waals surface area contributed by atoms with Gasteiger partial charge in [0, 0.05) is 19.0 Å². The number of imidazole rings is 1. The summed E-state index contributed by atoms with van der Waals surface area (Å²) in [6, 6.07) is 8.02. The summed E-state index contributed by atoms with van der Waals surface area (Å²) in [4.78, 5) is 35.3. The van der Waals surface area contributed by atoms with Crippen molar-refractivity contribution in [3.63, 3.8) is 0 Å². The predicted molar refractivity (Wildman–Crippen MR) is 104 cm³/mol. The van der Waals surface area contributed by atoms with E-state index >= 15 is 0 Å². The summed E-state index contributed by atoms with van der Waals surface area (Å²) in [6.45, 7) is 4.70. The van der Waals surface area contributed by atoms with Crippen molar-refractivity contribution < 1.29 is 9.59 Å². The van der Waals surface area contributed by atoms with Crippen LogP contribution in [0.15, 0.2) is 24.3 Å². The van der Waals surface area contributed by atoms with Crippen molar-refractivity contribution in [1.29, 1.82) is 0 Å². The standard InChI is InChI=1S/C21H28N4O2/c1-13(2)19(20-22-16-9-5-6-10-17(16)23-20)24-21(27)14-11-18(26)25(12-14)15-7-3-4-8-15/h5-6,9-10,13-15,19H,3-4,7-8,11-12H2,1-2H3,(H,22,23)(H,24,27)/t14-,19-/m0/s1. The Kier molecular flexibility index (Phi) is 4.89. The summed E-state index contributed by atoms with van der Waals surface area (Å²) in [7, 11) is 0. The molecular formula is C21H28N4O2. The highest BCUT2D eigenvalue weighted by atomic mass is 16.2. The van der Waals surface area contributed by atoms with E-state index in [1.165, 1.54) is 12.8 Å². The van der Waals surface area contributed by atoms with E-state index in [1.54, 1.807) is 0 Å². The molecule has 1 aromatic carbocycles. The lowest BCUT2D eigenvalue weighted by atomic mass is 10.0. The Bertz CT molecular complexity index is 805. The minimum atomic E-state index is -0.260. The zero-order chi connectivity index (χ0) is 19.0. The first-order valence-corrected chi connectivity index (χ1v) is 10.1. The van der Waals surface area contributed by atoms with Gasteiger partial charge in [-0.1, -0.05) is 38.8 Å². The van der Waals surface area contributed by atoms with E-state index in [0.29, 0.717) is 19.0 Å². The number of carbonyl (C=O) groups excluding carboxylic acids is 2. The fraction of sp³-hybridized carbons (Fsp3) is 0.571. The molecule has 1 saturated carbocycles. The molecular weight excluding hydrogens is 340 g/mol. The van der Waals surface area contributed by atoms with E-state index in [0.717, 1.165) is 29.7 Å². The van der Waals surface area contributed by atoms with Crippen LogP contribution in [0.3, 0.4) is 0 Å². The van der Waals surface area contributed by atoms with Gasteiger partial charge in [0.2, 0.25) is 11.8 Å². The van der Waals surface area contributed by atoms with Gasteiger partial charge in [0.25, 0.3) is 0 Å². The van der Waals surface area contributed by atoms with E-state index in [9.17, 15) is 9.59 Å². The van der Waals surface area contributed by atoms with Crippen molar-refractivity contribution in [2.75, 3.05) is 6.54 Å². The van der Waals surface area contributed by atoms with E-state index in [4.69, 9.17) is 0 Å². The van der Waals surface area contributed by atoms with Gasteiger partial charge in [0.05, 0.1) is 23.0 Å². The van der Waals surface area contributed by atoms with Crippen molar-refractivity contribution in [1.82, 2.24) is 20.2 Å². The van der Waals surface area contributed by atoms with Crippen molar-refractivity contribution in [2.45, 2.75) is 58.0 Å². The third-order valence-corrected chi connectivity index (χ3v) is 5.96. The molecule has 27 heavy (non-hydrogen) atoms. The number of fused-ring (bicyclic) bond motifs is 1. The highest BCUT2D eigenvalue weighted by Gasteiger charge is 2.39. The number of nitrogens with one attached hydrogen (secondary N) is 2. The molecule has 0 unspecified atom stereocenters. The molecule has 144 valence electrons. The van der Waals surface area contributed by atoms with Gasteiger partial charge in [-0.05, 0) is 30.9 Å². The normalized spacial score (nSPS) is 22.1. The van der Waals surface area contributed by atoms with E-state index < -0.39 is 0 Å². The molecule has 6 nitrogen and oxygen atoms in total. The lowest BCUT2D eigenvalue weighted by Gasteiger charge is -2.25. The molecule has 0 spiro atoms. The summed E-state index contributed by atoms with van der Waals surface area (Å²) in [6.07, 6.45) is 4.86. The summed E-state index contributed by atoms with van der Waals surface area (Å²) in [5, 5.41) is 3.16. The monoisotopic (exact) mass is 368 g/mol. The van der Waals surface area contributed by atoms with Crippen LogP contribution in [0.5, 0.6) is 0 Å². The van der Waals surface area contributed by atoms with E-state index in [1.807, 2.05) is 29.2 Å². The van der Waals surface area contributed by atoms with Gasteiger partial charge in [-0.2, -0.15) is 0 Å². The topological polar surface area (TPSA) is 78.1 Å². The number of nitrogens with zero attached hydrogens (tertiary/aromatic N) is 2. The maximum atomic E-state index is 12.9. The lowest BCUT2D eigenvalue weighted by Crippen LogP contribution is -2.39. The van der Waals surface area contributed by atoms with Gasteiger partial charge in [-0.15, -0.1) is 0 Å². The molecule has 1 aliphatic carbocycles. The number of benzene rings is 1. The first-order valence-electron chi connectivity index (χ1n) is 10.1. The van der Waals surface area contributed by atoms with Gasteiger partial charge in [0.15, 0.2) is 0 Å². The minimum Gasteiger partial charge on any atom is -0.346 e. The van der Waals surface area contributed by atoms with Crippen LogP contribution in [0.4, 0.5) is 0 Å². The zero-order valence-electron chi connectivity index (χ0n) is 16.1. The van der Waals surface area contributed by atoms with Gasteiger partial charge in [-0.3, -0.25) is 9.59 Å². The Balaban J connectivity index is 1.47.